The first-order valence-corrected chi connectivity index (χ1v) is 7.87. The van der Waals surface area contributed by atoms with E-state index in [1.54, 1.807) is 11.1 Å². The molecule has 0 radical (unpaired) electrons. The molecule has 0 aromatic heterocycles. The summed E-state index contributed by atoms with van der Waals surface area (Å²) in [6.07, 6.45) is 5.55. The lowest BCUT2D eigenvalue weighted by atomic mass is 9.86. The average Bonchev–Trinajstić information content (AvgIpc) is 3.20. The standard InChI is InChI=1S/C17H24N2/c1-2-4-16-15(3-1)12-19(13-17(16)7-8-17)11-14-5-9-18-10-6-14/h1-4,14,18H,5-13H2. The van der Waals surface area contributed by atoms with Crippen LogP contribution in [0.3, 0.4) is 0 Å². The van der Waals surface area contributed by atoms with Crippen molar-refractivity contribution in [1.29, 1.82) is 0 Å². The number of nitrogens with zero attached hydrogens (tertiary/aromatic N) is 1. The molecule has 2 fully saturated rings. The second kappa shape index (κ2) is 4.60. The molecule has 1 saturated carbocycles. The van der Waals surface area contributed by atoms with Crippen LogP contribution in [0, 0.1) is 5.92 Å². The molecular weight excluding hydrogens is 232 g/mol. The number of hydrogen-bond acceptors (Lipinski definition) is 2. The van der Waals surface area contributed by atoms with Gasteiger partial charge in [0.1, 0.15) is 0 Å². The quantitative estimate of drug-likeness (QED) is 0.875. The predicted molar refractivity (Wildman–Crippen MR) is 78.2 cm³/mol. The van der Waals surface area contributed by atoms with E-state index in [9.17, 15) is 0 Å². The number of fused-ring (bicyclic) bond motifs is 2. The van der Waals surface area contributed by atoms with Gasteiger partial charge in [-0.2, -0.15) is 0 Å². The van der Waals surface area contributed by atoms with Gasteiger partial charge >= 0.3 is 0 Å². The molecule has 1 aromatic rings. The summed E-state index contributed by atoms with van der Waals surface area (Å²) in [5.41, 5.74) is 3.80. The first kappa shape index (κ1) is 11.9. The van der Waals surface area contributed by atoms with Crippen molar-refractivity contribution in [2.24, 2.45) is 5.92 Å². The number of hydrogen-bond donors (Lipinski definition) is 1. The van der Waals surface area contributed by atoms with E-state index in [2.05, 4.69) is 34.5 Å². The molecule has 1 N–H and O–H groups in total. The Morgan fingerprint density at radius 3 is 2.74 bits per heavy atom. The van der Waals surface area contributed by atoms with Crippen LogP contribution in [0.15, 0.2) is 24.3 Å². The van der Waals surface area contributed by atoms with Crippen LogP contribution < -0.4 is 5.32 Å². The Hall–Kier alpha value is -0.860. The highest BCUT2D eigenvalue weighted by Gasteiger charge is 2.48. The highest BCUT2D eigenvalue weighted by atomic mass is 15.1. The molecule has 1 aromatic carbocycles. The van der Waals surface area contributed by atoms with Crippen molar-refractivity contribution in [3.8, 4) is 0 Å². The summed E-state index contributed by atoms with van der Waals surface area (Å²) in [5, 5.41) is 3.48. The fraction of sp³-hybridized carbons (Fsp3) is 0.647. The van der Waals surface area contributed by atoms with E-state index in [0.717, 1.165) is 5.92 Å². The van der Waals surface area contributed by atoms with Crippen molar-refractivity contribution >= 4 is 0 Å². The van der Waals surface area contributed by atoms with E-state index in [1.165, 1.54) is 58.4 Å². The van der Waals surface area contributed by atoms with Gasteiger partial charge in [0.2, 0.25) is 0 Å². The van der Waals surface area contributed by atoms with Gasteiger partial charge in [-0.1, -0.05) is 24.3 Å². The molecule has 2 nitrogen and oxygen atoms in total. The van der Waals surface area contributed by atoms with Crippen LogP contribution in [0.1, 0.15) is 36.8 Å². The van der Waals surface area contributed by atoms with Gasteiger partial charge in [-0.3, -0.25) is 4.90 Å². The lowest BCUT2D eigenvalue weighted by Gasteiger charge is -2.37. The van der Waals surface area contributed by atoms with E-state index in [-0.39, 0.29) is 0 Å². The van der Waals surface area contributed by atoms with Crippen LogP contribution in [0.25, 0.3) is 0 Å². The summed E-state index contributed by atoms with van der Waals surface area (Å²) >= 11 is 0. The van der Waals surface area contributed by atoms with Gasteiger partial charge in [0, 0.05) is 25.0 Å². The summed E-state index contributed by atoms with van der Waals surface area (Å²) in [5.74, 6) is 0.919. The molecule has 2 heterocycles. The normalized spacial score (nSPS) is 26.3. The molecule has 19 heavy (non-hydrogen) atoms. The minimum atomic E-state index is 0.543. The van der Waals surface area contributed by atoms with Crippen molar-refractivity contribution in [3.63, 3.8) is 0 Å². The monoisotopic (exact) mass is 256 g/mol. The average molecular weight is 256 g/mol. The van der Waals surface area contributed by atoms with Crippen LogP contribution >= 0.6 is 0 Å². The molecule has 0 bridgehead atoms. The van der Waals surface area contributed by atoms with Gasteiger partial charge in [-0.05, 0) is 55.8 Å². The van der Waals surface area contributed by atoms with Gasteiger partial charge < -0.3 is 5.32 Å². The molecular formula is C17H24N2. The maximum absolute atomic E-state index is 3.48. The highest BCUT2D eigenvalue weighted by molar-refractivity contribution is 5.41. The van der Waals surface area contributed by atoms with Crippen molar-refractivity contribution in [1.82, 2.24) is 10.2 Å². The zero-order valence-corrected chi connectivity index (χ0v) is 11.7. The molecule has 4 rings (SSSR count). The maximum Gasteiger partial charge on any atom is 0.0237 e. The Labute approximate surface area is 116 Å². The summed E-state index contributed by atoms with van der Waals surface area (Å²) in [7, 11) is 0. The van der Waals surface area contributed by atoms with Crippen LogP contribution in [0.4, 0.5) is 0 Å². The number of benzene rings is 1. The van der Waals surface area contributed by atoms with Crippen molar-refractivity contribution in [2.75, 3.05) is 26.2 Å². The van der Waals surface area contributed by atoms with Crippen LogP contribution in [-0.2, 0) is 12.0 Å². The van der Waals surface area contributed by atoms with E-state index >= 15 is 0 Å². The molecule has 2 aliphatic heterocycles. The highest BCUT2D eigenvalue weighted by Crippen LogP contribution is 2.52. The molecule has 2 heteroatoms. The smallest absolute Gasteiger partial charge is 0.0237 e. The van der Waals surface area contributed by atoms with E-state index in [0.29, 0.717) is 5.41 Å². The minimum Gasteiger partial charge on any atom is -0.317 e. The second-order valence-electron chi connectivity index (χ2n) is 6.80. The third-order valence-electron chi connectivity index (χ3n) is 5.34. The van der Waals surface area contributed by atoms with Crippen molar-refractivity contribution < 1.29 is 0 Å². The summed E-state index contributed by atoms with van der Waals surface area (Å²) in [6, 6.07) is 9.17. The van der Waals surface area contributed by atoms with Crippen LogP contribution in [-0.4, -0.2) is 31.1 Å². The third kappa shape index (κ3) is 2.21. The first-order valence-electron chi connectivity index (χ1n) is 7.87. The van der Waals surface area contributed by atoms with Gasteiger partial charge in [0.05, 0.1) is 0 Å². The second-order valence-corrected chi connectivity index (χ2v) is 6.80. The maximum atomic E-state index is 3.48. The first-order chi connectivity index (χ1) is 9.36. The molecule has 0 amide bonds. The zero-order chi connectivity index (χ0) is 12.7. The number of nitrogens with one attached hydrogen (secondary N) is 1. The summed E-state index contributed by atoms with van der Waals surface area (Å²) < 4.78 is 0. The molecule has 3 aliphatic rings. The Morgan fingerprint density at radius 1 is 1.16 bits per heavy atom. The van der Waals surface area contributed by atoms with Crippen molar-refractivity contribution in [2.45, 2.75) is 37.6 Å². The minimum absolute atomic E-state index is 0.543. The number of piperidine rings is 1. The molecule has 0 atom stereocenters. The lowest BCUT2D eigenvalue weighted by Crippen LogP contribution is -2.42. The zero-order valence-electron chi connectivity index (χ0n) is 11.7. The Balaban J connectivity index is 1.51. The summed E-state index contributed by atoms with van der Waals surface area (Å²) in [4.78, 5) is 2.74. The molecule has 1 aliphatic carbocycles. The largest absolute Gasteiger partial charge is 0.317 e. The van der Waals surface area contributed by atoms with Gasteiger partial charge in [0.25, 0.3) is 0 Å². The fourth-order valence-corrected chi connectivity index (χ4v) is 4.12. The number of rotatable bonds is 2. The molecule has 1 spiro atoms. The Bertz CT molecular complexity index is 458. The lowest BCUT2D eigenvalue weighted by molar-refractivity contribution is 0.171. The summed E-state index contributed by atoms with van der Waals surface area (Å²) in [6.45, 7) is 6.26. The molecule has 0 unspecified atom stereocenters. The van der Waals surface area contributed by atoms with E-state index in [1.807, 2.05) is 0 Å². The Kier molecular flexibility index (Phi) is 2.89. The van der Waals surface area contributed by atoms with Crippen LogP contribution in [0.2, 0.25) is 0 Å². The van der Waals surface area contributed by atoms with Gasteiger partial charge in [0.15, 0.2) is 0 Å². The molecule has 1 saturated heterocycles. The third-order valence-corrected chi connectivity index (χ3v) is 5.34. The predicted octanol–water partition coefficient (Wildman–Crippen LogP) is 2.53. The van der Waals surface area contributed by atoms with Gasteiger partial charge in [-0.15, -0.1) is 0 Å². The fourth-order valence-electron chi connectivity index (χ4n) is 4.12. The molecule has 102 valence electrons. The van der Waals surface area contributed by atoms with Crippen molar-refractivity contribution in [3.05, 3.63) is 35.4 Å². The SMILES string of the molecule is c1ccc2c(c1)CN(CC1CCNCC1)CC21CC1. The van der Waals surface area contributed by atoms with Crippen LogP contribution in [0.5, 0.6) is 0 Å². The van der Waals surface area contributed by atoms with Gasteiger partial charge in [-0.25, -0.2) is 0 Å². The van der Waals surface area contributed by atoms with E-state index < -0.39 is 0 Å². The van der Waals surface area contributed by atoms with E-state index in [4.69, 9.17) is 0 Å². The Morgan fingerprint density at radius 2 is 1.95 bits per heavy atom. The topological polar surface area (TPSA) is 15.3 Å².